The topological polar surface area (TPSA) is 92.3 Å². The van der Waals surface area contributed by atoms with Gasteiger partial charge in [-0.3, -0.25) is 9.59 Å². The fourth-order valence-corrected chi connectivity index (χ4v) is 6.01. The molecular weight excluding hydrogens is 490 g/mol. The highest BCUT2D eigenvalue weighted by molar-refractivity contribution is 6.33. The van der Waals surface area contributed by atoms with E-state index in [1.54, 1.807) is 12.1 Å². The summed E-state index contributed by atoms with van der Waals surface area (Å²) in [5.41, 5.74) is 1.31. The summed E-state index contributed by atoms with van der Waals surface area (Å²) in [6, 6.07) is 21.6. The van der Waals surface area contributed by atoms with Gasteiger partial charge in [-0.25, -0.2) is 9.59 Å². The predicted molar refractivity (Wildman–Crippen MR) is 150 cm³/mol. The second-order valence-corrected chi connectivity index (χ2v) is 10.9. The molecule has 3 aromatic rings. The molecule has 7 heteroatoms. The van der Waals surface area contributed by atoms with E-state index in [1.165, 1.54) is 0 Å². The number of carbonyl (C=O) groups is 4. The van der Waals surface area contributed by atoms with Crippen molar-refractivity contribution in [2.75, 3.05) is 13.1 Å². The standard InChI is InChI=1S/C32H35N3O4/c36-29(26-18-17-24-13-7-8-14-25(24)22-26)34-28(21-23-11-3-1-4-12-23)31(38)35(19-9-10-20-35)32(39)30(37)33-27-15-5-2-6-16-27/h1,3-4,7-8,11-14,17-18,22,27-28H,2,5-6,9-10,15-16,19-21H2,(H-,33,34,36,37)/p+1. The number of amides is 4. The summed E-state index contributed by atoms with van der Waals surface area (Å²) in [7, 11) is 0. The van der Waals surface area contributed by atoms with Gasteiger partial charge in [-0.2, -0.15) is 4.48 Å². The monoisotopic (exact) mass is 526 g/mol. The van der Waals surface area contributed by atoms with Gasteiger partial charge in [0.05, 0.1) is 13.1 Å². The SMILES string of the molecule is O=C(NC1CCCCC1)C(=O)[N+]1(C(=O)C(Cc2ccccc2)NC(=O)c2ccc3ccccc3c2)CCCC1. The van der Waals surface area contributed by atoms with E-state index in [9.17, 15) is 19.2 Å². The Balaban J connectivity index is 1.41. The number of rotatable bonds is 6. The van der Waals surface area contributed by atoms with Crippen molar-refractivity contribution >= 4 is 34.4 Å². The van der Waals surface area contributed by atoms with Crippen molar-refractivity contribution in [1.29, 1.82) is 0 Å². The minimum absolute atomic E-state index is 0.0272. The molecule has 1 atom stereocenters. The van der Waals surface area contributed by atoms with E-state index in [4.69, 9.17) is 0 Å². The Morgan fingerprint density at radius 3 is 2.15 bits per heavy atom. The smallest absolute Gasteiger partial charge is 0.342 e. The Morgan fingerprint density at radius 2 is 1.44 bits per heavy atom. The van der Waals surface area contributed by atoms with Crippen molar-refractivity contribution < 1.29 is 23.7 Å². The molecule has 0 radical (unpaired) electrons. The van der Waals surface area contributed by atoms with E-state index < -0.39 is 28.2 Å². The second kappa shape index (κ2) is 11.9. The van der Waals surface area contributed by atoms with Gasteiger partial charge < -0.3 is 10.6 Å². The van der Waals surface area contributed by atoms with Gasteiger partial charge in [0, 0.05) is 30.9 Å². The van der Waals surface area contributed by atoms with Gasteiger partial charge in [-0.1, -0.05) is 79.9 Å². The molecule has 39 heavy (non-hydrogen) atoms. The van der Waals surface area contributed by atoms with Crippen LogP contribution in [0.1, 0.15) is 60.9 Å². The molecule has 3 aromatic carbocycles. The van der Waals surface area contributed by atoms with E-state index in [-0.39, 0.29) is 31.5 Å². The molecule has 7 nitrogen and oxygen atoms in total. The minimum atomic E-state index is -0.962. The molecule has 2 fully saturated rings. The van der Waals surface area contributed by atoms with Crippen LogP contribution >= 0.6 is 0 Å². The van der Waals surface area contributed by atoms with Crippen molar-refractivity contribution in [2.45, 2.75) is 63.5 Å². The molecule has 1 aliphatic carbocycles. The van der Waals surface area contributed by atoms with Crippen LogP contribution in [-0.4, -0.2) is 53.3 Å². The zero-order valence-electron chi connectivity index (χ0n) is 22.2. The number of quaternary nitrogens is 1. The van der Waals surface area contributed by atoms with Gasteiger partial charge >= 0.3 is 17.7 Å². The van der Waals surface area contributed by atoms with E-state index in [2.05, 4.69) is 10.6 Å². The van der Waals surface area contributed by atoms with Crippen LogP contribution in [0.5, 0.6) is 0 Å². The molecule has 5 rings (SSSR count). The summed E-state index contributed by atoms with van der Waals surface area (Å²) in [4.78, 5) is 54.5. The molecule has 1 heterocycles. The number of nitrogens with zero attached hydrogens (tertiary/aromatic N) is 1. The van der Waals surface area contributed by atoms with Crippen molar-refractivity contribution in [3.63, 3.8) is 0 Å². The molecule has 4 amide bonds. The van der Waals surface area contributed by atoms with E-state index in [0.29, 0.717) is 18.4 Å². The summed E-state index contributed by atoms with van der Waals surface area (Å²) in [6.07, 6.45) is 6.47. The minimum Gasteiger partial charge on any atom is -0.342 e. The number of nitrogens with one attached hydrogen (secondary N) is 2. The number of hydrogen-bond acceptors (Lipinski definition) is 4. The fraction of sp³-hybridized carbons (Fsp3) is 0.375. The summed E-state index contributed by atoms with van der Waals surface area (Å²) in [6.45, 7) is 0.541. The third-order valence-corrected chi connectivity index (χ3v) is 8.17. The lowest BCUT2D eigenvalue weighted by Gasteiger charge is -2.32. The molecule has 2 N–H and O–H groups in total. The Kier molecular flexibility index (Phi) is 8.17. The number of fused-ring (bicyclic) bond motifs is 1. The Labute approximate surface area is 229 Å². The predicted octanol–water partition coefficient (Wildman–Crippen LogP) is 4.29. The maximum absolute atomic E-state index is 14.2. The van der Waals surface area contributed by atoms with E-state index >= 15 is 0 Å². The molecule has 1 aliphatic heterocycles. The first-order valence-electron chi connectivity index (χ1n) is 14.1. The van der Waals surface area contributed by atoms with Gasteiger partial charge in [0.15, 0.2) is 0 Å². The number of likely N-dealkylation sites (tertiary alicyclic amines) is 1. The molecule has 2 aliphatic rings. The Hall–Kier alpha value is -3.84. The van der Waals surface area contributed by atoms with Crippen molar-refractivity contribution in [1.82, 2.24) is 10.6 Å². The largest absolute Gasteiger partial charge is 0.411 e. The first kappa shape index (κ1) is 26.8. The van der Waals surface area contributed by atoms with Crippen LogP contribution in [0.3, 0.4) is 0 Å². The van der Waals surface area contributed by atoms with Crippen LogP contribution in [0.25, 0.3) is 10.8 Å². The zero-order valence-corrected chi connectivity index (χ0v) is 22.2. The van der Waals surface area contributed by atoms with E-state index in [0.717, 1.165) is 48.4 Å². The summed E-state index contributed by atoms with van der Waals surface area (Å²) in [5, 5.41) is 7.78. The van der Waals surface area contributed by atoms with Crippen molar-refractivity contribution in [2.24, 2.45) is 0 Å². The van der Waals surface area contributed by atoms with Gasteiger partial charge in [-0.15, -0.1) is 0 Å². The maximum Gasteiger partial charge on any atom is 0.411 e. The van der Waals surface area contributed by atoms with Crippen molar-refractivity contribution in [3.05, 3.63) is 83.9 Å². The van der Waals surface area contributed by atoms with Crippen LogP contribution < -0.4 is 10.6 Å². The second-order valence-electron chi connectivity index (χ2n) is 10.9. The van der Waals surface area contributed by atoms with Crippen LogP contribution in [-0.2, 0) is 20.8 Å². The first-order chi connectivity index (χ1) is 19.0. The number of carbonyl (C=O) groups excluding carboxylic acids is 4. The highest BCUT2D eigenvalue weighted by Gasteiger charge is 2.53. The molecule has 0 bridgehead atoms. The molecule has 1 unspecified atom stereocenters. The van der Waals surface area contributed by atoms with Gasteiger partial charge in [-0.05, 0) is 41.3 Å². The van der Waals surface area contributed by atoms with Gasteiger partial charge in [0.25, 0.3) is 5.91 Å². The van der Waals surface area contributed by atoms with Crippen LogP contribution in [0.15, 0.2) is 72.8 Å². The average molecular weight is 527 g/mol. The molecule has 202 valence electrons. The molecule has 1 saturated heterocycles. The van der Waals surface area contributed by atoms with Gasteiger partial charge in [0.2, 0.25) is 0 Å². The normalized spacial score (nSPS) is 17.8. The van der Waals surface area contributed by atoms with Crippen molar-refractivity contribution in [3.8, 4) is 0 Å². The molecule has 0 aromatic heterocycles. The molecular formula is C32H36N3O4+. The number of hydrogen-bond donors (Lipinski definition) is 2. The first-order valence-corrected chi connectivity index (χ1v) is 14.1. The third-order valence-electron chi connectivity index (χ3n) is 8.17. The van der Waals surface area contributed by atoms with Crippen LogP contribution in [0.2, 0.25) is 0 Å². The summed E-state index contributed by atoms with van der Waals surface area (Å²) < 4.78 is -0.548. The number of imide groups is 1. The summed E-state index contributed by atoms with van der Waals surface area (Å²) in [5.74, 6) is -2.20. The quantitative estimate of drug-likeness (QED) is 0.370. The lowest BCUT2D eigenvalue weighted by atomic mass is 9.95. The highest BCUT2D eigenvalue weighted by atomic mass is 16.2. The maximum atomic E-state index is 14.2. The lowest BCUT2D eigenvalue weighted by molar-refractivity contribution is -0.762. The number of benzene rings is 3. The third kappa shape index (κ3) is 5.93. The van der Waals surface area contributed by atoms with E-state index in [1.807, 2.05) is 60.7 Å². The fourth-order valence-electron chi connectivity index (χ4n) is 6.01. The van der Waals surface area contributed by atoms with Crippen LogP contribution in [0, 0.1) is 0 Å². The van der Waals surface area contributed by atoms with Gasteiger partial charge in [0.1, 0.15) is 6.04 Å². The lowest BCUT2D eigenvalue weighted by Crippen LogP contribution is -2.65. The molecule has 0 spiro atoms. The highest BCUT2D eigenvalue weighted by Crippen LogP contribution is 2.25. The Morgan fingerprint density at radius 1 is 0.769 bits per heavy atom. The Bertz CT molecular complexity index is 1360. The van der Waals surface area contributed by atoms with Crippen LogP contribution in [0.4, 0.5) is 0 Å². The zero-order chi connectivity index (χ0) is 27.2. The average Bonchev–Trinajstić information content (AvgIpc) is 3.48. The summed E-state index contributed by atoms with van der Waals surface area (Å²) >= 11 is 0. The molecule has 1 saturated carbocycles.